The van der Waals surface area contributed by atoms with Crippen LogP contribution >= 0.6 is 12.4 Å². The number of benzene rings is 1. The van der Waals surface area contributed by atoms with E-state index in [2.05, 4.69) is 0 Å². The Bertz CT molecular complexity index is 587. The second-order valence-corrected chi connectivity index (χ2v) is 7.27. The first-order valence-electron chi connectivity index (χ1n) is 6.91. The predicted octanol–water partition coefficient (Wildman–Crippen LogP) is 0.0820. The Morgan fingerprint density at radius 3 is 2.23 bits per heavy atom. The molecule has 1 aliphatic rings. The van der Waals surface area contributed by atoms with Crippen LogP contribution in [0.4, 0.5) is 0 Å². The number of halogens is 1. The lowest BCUT2D eigenvalue weighted by Crippen LogP contribution is -2.54. The van der Waals surface area contributed by atoms with Crippen LogP contribution in [0, 0.1) is 0 Å². The molecule has 0 bridgehead atoms. The molecule has 1 unspecified atom stereocenters. The van der Waals surface area contributed by atoms with Crippen LogP contribution in [-0.2, 0) is 21.2 Å². The molecule has 0 aromatic heterocycles. The van der Waals surface area contributed by atoms with Gasteiger partial charge < -0.3 is 10.6 Å². The number of hydrogen-bond acceptors (Lipinski definition) is 4. The van der Waals surface area contributed by atoms with Crippen LogP contribution in [0.1, 0.15) is 5.56 Å². The summed E-state index contributed by atoms with van der Waals surface area (Å²) in [4.78, 5) is 13.9. The van der Waals surface area contributed by atoms with Gasteiger partial charge in [-0.1, -0.05) is 30.3 Å². The van der Waals surface area contributed by atoms with Gasteiger partial charge in [-0.25, -0.2) is 8.42 Å². The molecule has 0 radical (unpaired) electrons. The second kappa shape index (κ2) is 7.92. The van der Waals surface area contributed by atoms with E-state index in [1.165, 1.54) is 10.6 Å². The summed E-state index contributed by atoms with van der Waals surface area (Å²) >= 11 is 0. The molecular formula is C14H22ClN3O3S. The van der Waals surface area contributed by atoms with E-state index in [1.807, 2.05) is 30.3 Å². The van der Waals surface area contributed by atoms with Crippen molar-refractivity contribution in [2.45, 2.75) is 12.5 Å². The first-order chi connectivity index (χ1) is 9.88. The number of nitrogens with two attached hydrogens (primary N) is 1. The fraction of sp³-hybridized carbons (Fsp3) is 0.500. The maximum absolute atomic E-state index is 12.3. The maximum Gasteiger partial charge on any atom is 0.239 e. The van der Waals surface area contributed by atoms with Crippen LogP contribution < -0.4 is 5.73 Å². The first-order valence-corrected chi connectivity index (χ1v) is 8.76. The summed E-state index contributed by atoms with van der Waals surface area (Å²) in [5, 5.41) is 0. The van der Waals surface area contributed by atoms with Crippen molar-refractivity contribution in [3.63, 3.8) is 0 Å². The van der Waals surface area contributed by atoms with Crippen molar-refractivity contribution in [1.29, 1.82) is 0 Å². The van der Waals surface area contributed by atoms with E-state index in [1.54, 1.807) is 4.90 Å². The highest BCUT2D eigenvalue weighted by Crippen LogP contribution is 2.09. The molecule has 0 aliphatic carbocycles. The van der Waals surface area contributed by atoms with E-state index >= 15 is 0 Å². The average molecular weight is 348 g/mol. The number of carbonyl (C=O) groups excluding carboxylic acids is 1. The normalized spacial score (nSPS) is 17.6. The van der Waals surface area contributed by atoms with Gasteiger partial charge in [-0.05, 0) is 12.0 Å². The van der Waals surface area contributed by atoms with E-state index in [4.69, 9.17) is 5.73 Å². The number of amides is 1. The van der Waals surface area contributed by atoms with Crippen LogP contribution in [0.5, 0.6) is 0 Å². The Labute approximate surface area is 137 Å². The summed E-state index contributed by atoms with van der Waals surface area (Å²) < 4.78 is 24.3. The summed E-state index contributed by atoms with van der Waals surface area (Å²) in [7, 11) is -3.18. The maximum atomic E-state index is 12.3. The minimum Gasteiger partial charge on any atom is -0.339 e. The van der Waals surface area contributed by atoms with E-state index in [0.29, 0.717) is 32.6 Å². The highest BCUT2D eigenvalue weighted by Gasteiger charge is 2.28. The molecule has 2 rings (SSSR count). The monoisotopic (exact) mass is 347 g/mol. The van der Waals surface area contributed by atoms with Crippen molar-refractivity contribution < 1.29 is 13.2 Å². The van der Waals surface area contributed by atoms with Crippen molar-refractivity contribution in [1.82, 2.24) is 9.21 Å². The van der Waals surface area contributed by atoms with E-state index in [9.17, 15) is 13.2 Å². The average Bonchev–Trinajstić information content (AvgIpc) is 2.46. The van der Waals surface area contributed by atoms with Crippen molar-refractivity contribution in [3.05, 3.63) is 35.9 Å². The van der Waals surface area contributed by atoms with Crippen molar-refractivity contribution in [2.75, 3.05) is 32.4 Å². The zero-order valence-electron chi connectivity index (χ0n) is 12.5. The highest BCUT2D eigenvalue weighted by molar-refractivity contribution is 7.88. The molecular weight excluding hydrogens is 326 g/mol. The van der Waals surface area contributed by atoms with Crippen LogP contribution in [0.2, 0.25) is 0 Å². The van der Waals surface area contributed by atoms with Gasteiger partial charge in [0.2, 0.25) is 15.9 Å². The smallest absolute Gasteiger partial charge is 0.239 e. The van der Waals surface area contributed by atoms with Gasteiger partial charge in [0, 0.05) is 26.2 Å². The number of carbonyl (C=O) groups is 1. The molecule has 1 aliphatic heterocycles. The van der Waals surface area contributed by atoms with Crippen LogP contribution in [0.25, 0.3) is 0 Å². The molecule has 1 atom stereocenters. The largest absolute Gasteiger partial charge is 0.339 e. The molecule has 6 nitrogen and oxygen atoms in total. The van der Waals surface area contributed by atoms with E-state index < -0.39 is 16.1 Å². The van der Waals surface area contributed by atoms with Gasteiger partial charge in [-0.2, -0.15) is 4.31 Å². The van der Waals surface area contributed by atoms with Gasteiger partial charge in [-0.15, -0.1) is 12.4 Å². The third-order valence-electron chi connectivity index (χ3n) is 3.63. The summed E-state index contributed by atoms with van der Waals surface area (Å²) in [5.41, 5.74) is 7.00. The Hall–Kier alpha value is -1.15. The molecule has 8 heteroatoms. The topological polar surface area (TPSA) is 83.7 Å². The Kier molecular flexibility index (Phi) is 6.80. The minimum absolute atomic E-state index is 0. The van der Waals surface area contributed by atoms with Gasteiger partial charge in [0.25, 0.3) is 0 Å². The van der Waals surface area contributed by atoms with Gasteiger partial charge in [-0.3, -0.25) is 4.79 Å². The molecule has 1 aromatic carbocycles. The molecule has 0 saturated carbocycles. The van der Waals surface area contributed by atoms with Gasteiger partial charge in [0.15, 0.2) is 0 Å². The second-order valence-electron chi connectivity index (χ2n) is 5.28. The van der Waals surface area contributed by atoms with Crippen molar-refractivity contribution in [2.24, 2.45) is 5.73 Å². The van der Waals surface area contributed by atoms with Crippen molar-refractivity contribution >= 4 is 28.3 Å². The summed E-state index contributed by atoms with van der Waals surface area (Å²) in [6.45, 7) is 1.47. The minimum atomic E-state index is -3.18. The quantitative estimate of drug-likeness (QED) is 0.836. The lowest BCUT2D eigenvalue weighted by Gasteiger charge is -2.34. The lowest BCUT2D eigenvalue weighted by molar-refractivity contribution is -0.133. The molecule has 124 valence electrons. The molecule has 1 fully saturated rings. The molecule has 1 amide bonds. The van der Waals surface area contributed by atoms with Gasteiger partial charge in [0.1, 0.15) is 0 Å². The molecule has 22 heavy (non-hydrogen) atoms. The zero-order valence-corrected chi connectivity index (χ0v) is 14.1. The molecule has 1 saturated heterocycles. The summed E-state index contributed by atoms with van der Waals surface area (Å²) in [6.07, 6.45) is 1.68. The molecule has 0 spiro atoms. The number of rotatable bonds is 4. The first kappa shape index (κ1) is 18.9. The fourth-order valence-electron chi connectivity index (χ4n) is 2.43. The van der Waals surface area contributed by atoms with Gasteiger partial charge >= 0.3 is 0 Å². The predicted molar refractivity (Wildman–Crippen MR) is 88.4 cm³/mol. The molecule has 2 N–H and O–H groups in total. The zero-order chi connectivity index (χ0) is 15.5. The number of sulfonamides is 1. The Balaban J connectivity index is 0.00000242. The number of piperazine rings is 1. The molecule has 1 aromatic rings. The van der Waals surface area contributed by atoms with Crippen LogP contribution in [0.15, 0.2) is 30.3 Å². The van der Waals surface area contributed by atoms with Crippen LogP contribution in [-0.4, -0.2) is 62.0 Å². The van der Waals surface area contributed by atoms with E-state index in [0.717, 1.165) is 5.56 Å². The van der Waals surface area contributed by atoms with Crippen LogP contribution in [0.3, 0.4) is 0 Å². The third kappa shape index (κ3) is 4.95. The lowest BCUT2D eigenvalue weighted by atomic mass is 10.1. The SMILES string of the molecule is CS(=O)(=O)N1CCN(C(=O)C(N)Cc2ccccc2)CC1.Cl. The number of hydrogen-bond donors (Lipinski definition) is 1. The van der Waals surface area contributed by atoms with Crippen molar-refractivity contribution in [3.8, 4) is 0 Å². The number of nitrogens with zero attached hydrogens (tertiary/aromatic N) is 2. The molecule has 1 heterocycles. The van der Waals surface area contributed by atoms with E-state index in [-0.39, 0.29) is 18.3 Å². The standard InChI is InChI=1S/C14H21N3O3S.ClH/c1-21(19,20)17-9-7-16(8-10-17)14(18)13(15)11-12-5-3-2-4-6-12;/h2-6,13H,7-11,15H2,1H3;1H. The fourth-order valence-corrected chi connectivity index (χ4v) is 3.26. The van der Waals surface area contributed by atoms with Gasteiger partial charge in [0.05, 0.1) is 12.3 Å². The highest BCUT2D eigenvalue weighted by atomic mass is 35.5. The Morgan fingerprint density at radius 1 is 1.18 bits per heavy atom. The Morgan fingerprint density at radius 2 is 1.73 bits per heavy atom. The third-order valence-corrected chi connectivity index (χ3v) is 4.94. The summed E-state index contributed by atoms with van der Waals surface area (Å²) in [6, 6.07) is 9.04. The summed E-state index contributed by atoms with van der Waals surface area (Å²) in [5.74, 6) is -0.119.